The van der Waals surface area contributed by atoms with Crippen LogP contribution < -0.4 is 10.1 Å². The van der Waals surface area contributed by atoms with Crippen molar-refractivity contribution < 1.29 is 13.9 Å². The standard InChI is InChI=1S/C21H16ClFN4O2S/c22-16-6-2-4-8-18(16)29-11-14-9-19(30-12-14)20(28)25-21-24-13-27(26-21)10-15-5-1-3-7-17(15)23/h1-9,12-13H,10-11H2,(H,25,26,28). The van der Waals surface area contributed by atoms with Gasteiger partial charge in [0, 0.05) is 11.1 Å². The molecule has 4 rings (SSSR count). The van der Waals surface area contributed by atoms with Crippen LogP contribution in [-0.2, 0) is 13.2 Å². The SMILES string of the molecule is O=C(Nc1ncn(Cc2ccccc2F)n1)c1cc(COc2ccccc2Cl)cs1. The largest absolute Gasteiger partial charge is 0.487 e. The van der Waals surface area contributed by atoms with E-state index in [1.165, 1.54) is 28.4 Å². The van der Waals surface area contributed by atoms with E-state index in [-0.39, 0.29) is 24.2 Å². The van der Waals surface area contributed by atoms with E-state index in [9.17, 15) is 9.18 Å². The van der Waals surface area contributed by atoms with Gasteiger partial charge in [-0.1, -0.05) is 41.9 Å². The summed E-state index contributed by atoms with van der Waals surface area (Å²) in [5.41, 5.74) is 1.34. The van der Waals surface area contributed by atoms with Crippen molar-refractivity contribution in [2.45, 2.75) is 13.2 Å². The van der Waals surface area contributed by atoms with E-state index in [2.05, 4.69) is 15.4 Å². The van der Waals surface area contributed by atoms with Crippen molar-refractivity contribution in [3.8, 4) is 5.75 Å². The highest BCUT2D eigenvalue weighted by atomic mass is 35.5. The Morgan fingerprint density at radius 3 is 2.83 bits per heavy atom. The number of aromatic nitrogens is 3. The van der Waals surface area contributed by atoms with Gasteiger partial charge >= 0.3 is 0 Å². The third-order valence-corrected chi connectivity index (χ3v) is 5.45. The molecule has 152 valence electrons. The number of para-hydroxylation sites is 1. The molecule has 0 saturated carbocycles. The molecule has 0 radical (unpaired) electrons. The first kappa shape index (κ1) is 20.1. The zero-order valence-electron chi connectivity index (χ0n) is 15.6. The minimum atomic E-state index is -0.326. The highest BCUT2D eigenvalue weighted by Crippen LogP contribution is 2.25. The number of nitrogens with one attached hydrogen (secondary N) is 1. The lowest BCUT2D eigenvalue weighted by Crippen LogP contribution is -2.12. The second-order valence-corrected chi connectivity index (χ2v) is 7.67. The summed E-state index contributed by atoms with van der Waals surface area (Å²) in [4.78, 5) is 17.0. The monoisotopic (exact) mass is 442 g/mol. The van der Waals surface area contributed by atoms with Gasteiger partial charge in [0.1, 0.15) is 24.5 Å². The Labute approximate surface area is 180 Å². The molecule has 30 heavy (non-hydrogen) atoms. The summed E-state index contributed by atoms with van der Waals surface area (Å²) < 4.78 is 20.9. The highest BCUT2D eigenvalue weighted by Gasteiger charge is 2.13. The molecule has 0 bridgehead atoms. The summed E-state index contributed by atoms with van der Waals surface area (Å²) >= 11 is 7.37. The molecule has 0 unspecified atom stereocenters. The summed E-state index contributed by atoms with van der Waals surface area (Å²) in [6.45, 7) is 0.515. The van der Waals surface area contributed by atoms with Gasteiger partial charge in [-0.2, -0.15) is 0 Å². The number of rotatable bonds is 7. The highest BCUT2D eigenvalue weighted by molar-refractivity contribution is 7.12. The number of nitrogens with zero attached hydrogens (tertiary/aromatic N) is 3. The van der Waals surface area contributed by atoms with Crippen LogP contribution in [0.5, 0.6) is 5.75 Å². The maximum absolute atomic E-state index is 13.8. The average molecular weight is 443 g/mol. The van der Waals surface area contributed by atoms with E-state index in [4.69, 9.17) is 16.3 Å². The van der Waals surface area contributed by atoms with Crippen molar-refractivity contribution in [1.82, 2.24) is 14.8 Å². The molecule has 2 aromatic heterocycles. The normalized spacial score (nSPS) is 10.7. The zero-order chi connectivity index (χ0) is 20.9. The van der Waals surface area contributed by atoms with Gasteiger partial charge in [-0.3, -0.25) is 10.1 Å². The van der Waals surface area contributed by atoms with Gasteiger partial charge in [0.2, 0.25) is 5.95 Å². The van der Waals surface area contributed by atoms with Crippen molar-refractivity contribution >= 4 is 34.8 Å². The Morgan fingerprint density at radius 2 is 2.00 bits per heavy atom. The molecular formula is C21H16ClFN4O2S. The predicted molar refractivity (Wildman–Crippen MR) is 114 cm³/mol. The molecule has 1 amide bonds. The Kier molecular flexibility index (Phi) is 6.06. The molecule has 2 aromatic carbocycles. The fourth-order valence-electron chi connectivity index (χ4n) is 2.69. The number of amides is 1. The van der Waals surface area contributed by atoms with E-state index in [1.807, 2.05) is 17.5 Å². The summed E-state index contributed by atoms with van der Waals surface area (Å²) in [6.07, 6.45) is 1.44. The first-order valence-electron chi connectivity index (χ1n) is 8.97. The molecular weight excluding hydrogens is 427 g/mol. The number of ether oxygens (including phenoxy) is 1. The Balaban J connectivity index is 1.35. The van der Waals surface area contributed by atoms with Crippen LogP contribution in [0.15, 0.2) is 66.3 Å². The topological polar surface area (TPSA) is 69.0 Å². The third kappa shape index (κ3) is 4.84. The maximum Gasteiger partial charge on any atom is 0.268 e. The van der Waals surface area contributed by atoms with E-state index in [1.54, 1.807) is 36.4 Å². The maximum atomic E-state index is 13.8. The summed E-state index contributed by atoms with van der Waals surface area (Å²) in [5, 5.41) is 9.20. The van der Waals surface area contributed by atoms with E-state index >= 15 is 0 Å². The van der Waals surface area contributed by atoms with Crippen LogP contribution in [0.1, 0.15) is 20.8 Å². The lowest BCUT2D eigenvalue weighted by atomic mass is 10.2. The quantitative estimate of drug-likeness (QED) is 0.436. The fourth-order valence-corrected chi connectivity index (χ4v) is 3.67. The Hall–Kier alpha value is -3.23. The van der Waals surface area contributed by atoms with Crippen LogP contribution in [0, 0.1) is 5.82 Å². The first-order valence-corrected chi connectivity index (χ1v) is 10.2. The van der Waals surface area contributed by atoms with Gasteiger partial charge in [0.25, 0.3) is 5.91 Å². The number of carbonyl (C=O) groups excluding carboxylic acids is 1. The number of carbonyl (C=O) groups is 1. The number of hydrogen-bond acceptors (Lipinski definition) is 5. The molecule has 1 N–H and O–H groups in total. The van der Waals surface area contributed by atoms with Gasteiger partial charge < -0.3 is 4.74 Å². The number of hydrogen-bond donors (Lipinski definition) is 1. The van der Waals surface area contributed by atoms with E-state index < -0.39 is 0 Å². The third-order valence-electron chi connectivity index (χ3n) is 4.16. The molecule has 4 aromatic rings. The molecule has 0 aliphatic heterocycles. The van der Waals surface area contributed by atoms with Gasteiger partial charge in [-0.25, -0.2) is 14.1 Å². The molecule has 0 aliphatic rings. The van der Waals surface area contributed by atoms with Crippen molar-refractivity contribution in [2.24, 2.45) is 0 Å². The summed E-state index contributed by atoms with van der Waals surface area (Å²) in [6, 6.07) is 15.4. The van der Waals surface area contributed by atoms with Crippen molar-refractivity contribution in [2.75, 3.05) is 5.32 Å². The van der Waals surface area contributed by atoms with Gasteiger partial charge in [0.05, 0.1) is 16.4 Å². The van der Waals surface area contributed by atoms with Crippen LogP contribution in [0.25, 0.3) is 0 Å². The van der Waals surface area contributed by atoms with Crippen molar-refractivity contribution in [3.05, 3.63) is 93.1 Å². The molecule has 0 aliphatic carbocycles. The lowest BCUT2D eigenvalue weighted by Gasteiger charge is -2.06. The van der Waals surface area contributed by atoms with Crippen molar-refractivity contribution in [3.63, 3.8) is 0 Å². The van der Waals surface area contributed by atoms with Crippen LogP contribution in [0.2, 0.25) is 5.02 Å². The number of halogens is 2. The lowest BCUT2D eigenvalue weighted by molar-refractivity contribution is 0.102. The Bertz CT molecular complexity index is 1180. The molecule has 0 saturated heterocycles. The minimum absolute atomic E-state index is 0.151. The van der Waals surface area contributed by atoms with Crippen LogP contribution in [0.3, 0.4) is 0 Å². The minimum Gasteiger partial charge on any atom is -0.487 e. The van der Waals surface area contributed by atoms with Gasteiger partial charge in [-0.15, -0.1) is 16.4 Å². The summed E-state index contributed by atoms with van der Waals surface area (Å²) in [7, 11) is 0. The molecule has 6 nitrogen and oxygen atoms in total. The number of thiophene rings is 1. The van der Waals surface area contributed by atoms with Gasteiger partial charge in [-0.05, 0) is 29.6 Å². The van der Waals surface area contributed by atoms with Crippen molar-refractivity contribution in [1.29, 1.82) is 0 Å². The van der Waals surface area contributed by atoms with Crippen LogP contribution in [0.4, 0.5) is 10.3 Å². The zero-order valence-corrected chi connectivity index (χ0v) is 17.2. The first-order chi connectivity index (χ1) is 14.6. The number of benzene rings is 2. The fraction of sp³-hybridized carbons (Fsp3) is 0.0952. The smallest absolute Gasteiger partial charge is 0.268 e. The molecule has 0 fully saturated rings. The Morgan fingerprint density at radius 1 is 1.20 bits per heavy atom. The van der Waals surface area contributed by atoms with Crippen LogP contribution >= 0.6 is 22.9 Å². The number of anilines is 1. The van der Waals surface area contributed by atoms with Gasteiger partial charge in [0.15, 0.2) is 0 Å². The predicted octanol–water partition coefficient (Wildman–Crippen LogP) is 5.01. The second kappa shape index (κ2) is 9.06. The van der Waals surface area contributed by atoms with Crippen LogP contribution in [-0.4, -0.2) is 20.7 Å². The molecule has 9 heteroatoms. The van der Waals surface area contributed by atoms with E-state index in [0.717, 1.165) is 5.56 Å². The average Bonchev–Trinajstić information content (AvgIpc) is 3.39. The molecule has 0 atom stereocenters. The van der Waals surface area contributed by atoms with E-state index in [0.29, 0.717) is 27.8 Å². The second-order valence-electron chi connectivity index (χ2n) is 6.35. The molecule has 0 spiro atoms. The molecule has 2 heterocycles. The summed E-state index contributed by atoms with van der Waals surface area (Å²) in [5.74, 6) is 0.0934.